The lowest BCUT2D eigenvalue weighted by atomic mass is 9.94. The smallest absolute Gasteiger partial charge is 0.185 e. The fourth-order valence-corrected chi connectivity index (χ4v) is 1.10. The zero-order chi connectivity index (χ0) is 9.56. The van der Waals surface area contributed by atoms with Gasteiger partial charge in [-0.15, -0.1) is 0 Å². The van der Waals surface area contributed by atoms with Crippen molar-refractivity contribution in [2.75, 3.05) is 0 Å². The zero-order valence-corrected chi connectivity index (χ0v) is 8.77. The van der Waals surface area contributed by atoms with Crippen molar-refractivity contribution in [2.24, 2.45) is 11.8 Å². The highest BCUT2D eigenvalue weighted by atomic mass is 35.5. The van der Waals surface area contributed by atoms with Crippen molar-refractivity contribution < 1.29 is 4.74 Å². The summed E-state index contributed by atoms with van der Waals surface area (Å²) in [4.78, 5) is 0. The van der Waals surface area contributed by atoms with E-state index in [0.29, 0.717) is 11.8 Å². The van der Waals surface area contributed by atoms with Gasteiger partial charge in [0.25, 0.3) is 0 Å². The molecule has 1 atom stereocenters. The molecule has 0 fully saturated rings. The van der Waals surface area contributed by atoms with Gasteiger partial charge in [0.15, 0.2) is 5.22 Å². The van der Waals surface area contributed by atoms with E-state index in [9.17, 15) is 0 Å². The SMILES string of the molecule is C=C(Cl)O/C=C/C(CC)C(C)C. The van der Waals surface area contributed by atoms with Gasteiger partial charge in [0.1, 0.15) is 0 Å². The van der Waals surface area contributed by atoms with Gasteiger partial charge in [-0.3, -0.25) is 0 Å². The molecule has 0 aromatic carbocycles. The van der Waals surface area contributed by atoms with Crippen LogP contribution in [0.2, 0.25) is 0 Å². The predicted molar refractivity (Wildman–Crippen MR) is 53.8 cm³/mol. The Bertz CT molecular complexity index is 161. The second-order valence-corrected chi connectivity index (χ2v) is 3.54. The second-order valence-electron chi connectivity index (χ2n) is 3.12. The first-order valence-corrected chi connectivity index (χ1v) is 4.63. The van der Waals surface area contributed by atoms with Crippen molar-refractivity contribution in [1.29, 1.82) is 0 Å². The molecule has 0 N–H and O–H groups in total. The Labute approximate surface area is 80.1 Å². The summed E-state index contributed by atoms with van der Waals surface area (Å²) in [7, 11) is 0. The number of rotatable bonds is 5. The number of halogens is 1. The minimum absolute atomic E-state index is 0.213. The monoisotopic (exact) mass is 188 g/mol. The third kappa shape index (κ3) is 5.25. The van der Waals surface area contributed by atoms with Crippen LogP contribution >= 0.6 is 11.6 Å². The average Bonchev–Trinajstić information content (AvgIpc) is 1.96. The zero-order valence-electron chi connectivity index (χ0n) is 8.01. The highest BCUT2D eigenvalue weighted by Gasteiger charge is 2.06. The molecule has 0 aliphatic heterocycles. The van der Waals surface area contributed by atoms with Crippen LogP contribution in [0.4, 0.5) is 0 Å². The molecule has 2 heteroatoms. The average molecular weight is 189 g/mol. The molecule has 0 aliphatic carbocycles. The van der Waals surface area contributed by atoms with E-state index in [2.05, 4.69) is 27.4 Å². The van der Waals surface area contributed by atoms with Crippen LogP contribution in [0.5, 0.6) is 0 Å². The van der Waals surface area contributed by atoms with Crippen molar-refractivity contribution >= 4 is 11.6 Å². The lowest BCUT2D eigenvalue weighted by Crippen LogP contribution is -2.03. The van der Waals surface area contributed by atoms with Crippen LogP contribution in [0.3, 0.4) is 0 Å². The quantitative estimate of drug-likeness (QED) is 0.595. The van der Waals surface area contributed by atoms with Crippen LogP contribution in [0, 0.1) is 11.8 Å². The predicted octanol–water partition coefficient (Wildman–Crippen LogP) is 3.91. The van der Waals surface area contributed by atoms with Crippen molar-refractivity contribution in [3.05, 3.63) is 24.1 Å². The Morgan fingerprint density at radius 1 is 1.58 bits per heavy atom. The van der Waals surface area contributed by atoms with Crippen molar-refractivity contribution in [1.82, 2.24) is 0 Å². The second kappa shape index (κ2) is 6.13. The summed E-state index contributed by atoms with van der Waals surface area (Å²) in [6, 6.07) is 0. The molecule has 0 aromatic heterocycles. The third-order valence-electron chi connectivity index (χ3n) is 1.85. The van der Waals surface area contributed by atoms with Crippen molar-refractivity contribution in [3.8, 4) is 0 Å². The maximum Gasteiger partial charge on any atom is 0.185 e. The van der Waals surface area contributed by atoms with Gasteiger partial charge in [0.05, 0.1) is 6.26 Å². The normalized spacial score (nSPS) is 13.8. The maximum absolute atomic E-state index is 5.42. The summed E-state index contributed by atoms with van der Waals surface area (Å²) in [5, 5.41) is 0.213. The number of hydrogen-bond donors (Lipinski definition) is 0. The molecule has 1 nitrogen and oxygen atoms in total. The van der Waals surface area contributed by atoms with Crippen LogP contribution < -0.4 is 0 Å². The molecule has 0 aromatic rings. The fourth-order valence-electron chi connectivity index (χ4n) is 1.04. The first-order valence-electron chi connectivity index (χ1n) is 4.25. The van der Waals surface area contributed by atoms with Crippen LogP contribution in [-0.2, 0) is 4.74 Å². The molecular weight excluding hydrogens is 172 g/mol. The van der Waals surface area contributed by atoms with E-state index in [-0.39, 0.29) is 5.22 Å². The van der Waals surface area contributed by atoms with Gasteiger partial charge < -0.3 is 4.74 Å². The summed E-state index contributed by atoms with van der Waals surface area (Å²) in [6.45, 7) is 9.95. The molecule has 12 heavy (non-hydrogen) atoms. The number of hydrogen-bond acceptors (Lipinski definition) is 1. The molecule has 0 rings (SSSR count). The van der Waals surface area contributed by atoms with Crippen LogP contribution in [0.1, 0.15) is 27.2 Å². The first-order chi connectivity index (χ1) is 5.57. The van der Waals surface area contributed by atoms with Gasteiger partial charge in [-0.1, -0.05) is 20.8 Å². The standard InChI is InChI=1S/C10H17ClO/c1-5-10(8(2)3)6-7-12-9(4)11/h6-8,10H,4-5H2,1-3H3/b7-6+. The molecule has 0 heterocycles. The van der Waals surface area contributed by atoms with E-state index >= 15 is 0 Å². The minimum Gasteiger partial charge on any atom is -0.454 e. The Hall–Kier alpha value is -0.430. The van der Waals surface area contributed by atoms with Gasteiger partial charge in [-0.05, 0) is 42.5 Å². The fraction of sp³-hybridized carbons (Fsp3) is 0.600. The van der Waals surface area contributed by atoms with Crippen LogP contribution in [0.15, 0.2) is 24.1 Å². The van der Waals surface area contributed by atoms with Gasteiger partial charge >= 0.3 is 0 Å². The summed E-state index contributed by atoms with van der Waals surface area (Å²) in [5.41, 5.74) is 0. The first kappa shape index (κ1) is 11.6. The molecule has 70 valence electrons. The summed E-state index contributed by atoms with van der Waals surface area (Å²) >= 11 is 5.42. The Kier molecular flexibility index (Phi) is 5.91. The van der Waals surface area contributed by atoms with Gasteiger partial charge in [-0.2, -0.15) is 0 Å². The molecule has 0 radical (unpaired) electrons. The number of ether oxygens (including phenoxy) is 1. The molecular formula is C10H17ClO. The lowest BCUT2D eigenvalue weighted by molar-refractivity contribution is 0.370. The van der Waals surface area contributed by atoms with Gasteiger partial charge in [0.2, 0.25) is 0 Å². The van der Waals surface area contributed by atoms with Crippen molar-refractivity contribution in [2.45, 2.75) is 27.2 Å². The Morgan fingerprint density at radius 2 is 2.17 bits per heavy atom. The maximum atomic E-state index is 5.42. The van der Waals surface area contributed by atoms with Crippen molar-refractivity contribution in [3.63, 3.8) is 0 Å². The van der Waals surface area contributed by atoms with Gasteiger partial charge in [-0.25, -0.2) is 0 Å². The number of allylic oxidation sites excluding steroid dienone is 1. The molecule has 0 amide bonds. The molecule has 0 aliphatic rings. The van der Waals surface area contributed by atoms with E-state index in [0.717, 1.165) is 6.42 Å². The van der Waals surface area contributed by atoms with E-state index in [1.807, 2.05) is 6.08 Å². The van der Waals surface area contributed by atoms with E-state index < -0.39 is 0 Å². The molecule has 0 saturated carbocycles. The van der Waals surface area contributed by atoms with E-state index in [4.69, 9.17) is 16.3 Å². The summed E-state index contributed by atoms with van der Waals surface area (Å²) in [6.07, 6.45) is 4.76. The highest BCUT2D eigenvalue weighted by Crippen LogP contribution is 2.16. The largest absolute Gasteiger partial charge is 0.454 e. The van der Waals surface area contributed by atoms with Crippen LogP contribution in [0.25, 0.3) is 0 Å². The van der Waals surface area contributed by atoms with E-state index in [1.54, 1.807) is 6.26 Å². The Morgan fingerprint density at radius 3 is 2.50 bits per heavy atom. The topological polar surface area (TPSA) is 9.23 Å². The molecule has 0 spiro atoms. The Balaban J connectivity index is 3.84. The molecule has 0 saturated heterocycles. The minimum atomic E-state index is 0.213. The highest BCUT2D eigenvalue weighted by molar-refractivity contribution is 6.28. The third-order valence-corrected chi connectivity index (χ3v) is 1.94. The molecule has 1 unspecified atom stereocenters. The van der Waals surface area contributed by atoms with Crippen LogP contribution in [-0.4, -0.2) is 0 Å². The molecule has 0 bridgehead atoms. The lowest BCUT2D eigenvalue weighted by Gasteiger charge is -2.13. The summed E-state index contributed by atoms with van der Waals surface area (Å²) in [5.74, 6) is 1.19. The van der Waals surface area contributed by atoms with Gasteiger partial charge in [0, 0.05) is 0 Å². The summed E-state index contributed by atoms with van der Waals surface area (Å²) < 4.78 is 4.91. The van der Waals surface area contributed by atoms with E-state index in [1.165, 1.54) is 0 Å².